The van der Waals surface area contributed by atoms with Gasteiger partial charge in [0, 0.05) is 5.88 Å². The summed E-state index contributed by atoms with van der Waals surface area (Å²) in [7, 11) is 0. The van der Waals surface area contributed by atoms with E-state index in [1.54, 1.807) is 0 Å². The van der Waals surface area contributed by atoms with Crippen LogP contribution in [0.25, 0.3) is 0 Å². The van der Waals surface area contributed by atoms with Crippen molar-refractivity contribution in [3.05, 3.63) is 0 Å². The molecule has 0 aliphatic rings. The van der Waals surface area contributed by atoms with Gasteiger partial charge >= 0.3 is 0 Å². The summed E-state index contributed by atoms with van der Waals surface area (Å²) in [5.74, 6) is 0.289. The average molecular weight is 124 g/mol. The van der Waals surface area contributed by atoms with E-state index in [4.69, 9.17) is 22.4 Å². The Hall–Kier alpha value is 0.210. The smallest absolute Gasteiger partial charge is 0.0687 e. The Morgan fingerprint density at radius 3 is 2.43 bits per heavy atom. The zero-order valence-electron chi connectivity index (χ0n) is 4.10. The Balaban J connectivity index is 2.83. The molecular weight excluding hydrogens is 114 g/mol. The maximum Gasteiger partial charge on any atom is 0.0687 e. The first kappa shape index (κ1) is 7.21. The minimum atomic E-state index is -0.410. The SMILES string of the molecule is NCC[C@@H](O)CCl. The fraction of sp³-hybridized carbons (Fsp3) is 1.00. The van der Waals surface area contributed by atoms with E-state index in [0.29, 0.717) is 13.0 Å². The second-order valence-electron chi connectivity index (χ2n) is 1.39. The van der Waals surface area contributed by atoms with E-state index >= 15 is 0 Å². The van der Waals surface area contributed by atoms with Crippen LogP contribution in [0.4, 0.5) is 0 Å². The molecule has 0 aliphatic carbocycles. The molecule has 0 fully saturated rings. The Kier molecular flexibility index (Phi) is 4.50. The predicted octanol–water partition coefficient (Wildman–Crippen LogP) is -0.0651. The van der Waals surface area contributed by atoms with E-state index in [9.17, 15) is 0 Å². The molecule has 7 heavy (non-hydrogen) atoms. The second-order valence-corrected chi connectivity index (χ2v) is 1.69. The van der Waals surface area contributed by atoms with Crippen LogP contribution in [-0.2, 0) is 0 Å². The third-order valence-electron chi connectivity index (χ3n) is 0.678. The summed E-state index contributed by atoms with van der Waals surface area (Å²) in [4.78, 5) is 0. The summed E-state index contributed by atoms with van der Waals surface area (Å²) in [6.45, 7) is 0.508. The molecule has 0 saturated carbocycles. The lowest BCUT2D eigenvalue weighted by atomic mass is 10.3. The summed E-state index contributed by atoms with van der Waals surface area (Å²) < 4.78 is 0. The summed E-state index contributed by atoms with van der Waals surface area (Å²) in [6.07, 6.45) is 0.190. The zero-order chi connectivity index (χ0) is 5.70. The van der Waals surface area contributed by atoms with Crippen LogP contribution in [0, 0.1) is 0 Å². The number of rotatable bonds is 3. The van der Waals surface area contributed by atoms with Crippen molar-refractivity contribution >= 4 is 11.6 Å². The number of nitrogens with two attached hydrogens (primary N) is 1. The van der Waals surface area contributed by atoms with Gasteiger partial charge in [0.2, 0.25) is 0 Å². The third kappa shape index (κ3) is 4.05. The second kappa shape index (κ2) is 4.37. The van der Waals surface area contributed by atoms with E-state index in [2.05, 4.69) is 0 Å². The summed E-state index contributed by atoms with van der Waals surface area (Å²) >= 11 is 5.23. The Morgan fingerprint density at radius 2 is 2.29 bits per heavy atom. The molecule has 0 unspecified atom stereocenters. The van der Waals surface area contributed by atoms with Crippen molar-refractivity contribution in [2.45, 2.75) is 12.5 Å². The van der Waals surface area contributed by atoms with Gasteiger partial charge in [0.1, 0.15) is 0 Å². The minimum Gasteiger partial charge on any atom is -0.392 e. The highest BCUT2D eigenvalue weighted by atomic mass is 35.5. The summed E-state index contributed by atoms with van der Waals surface area (Å²) in [5, 5.41) is 8.65. The molecule has 0 spiro atoms. The van der Waals surface area contributed by atoms with Crippen molar-refractivity contribution in [2.24, 2.45) is 5.73 Å². The first-order chi connectivity index (χ1) is 3.31. The van der Waals surface area contributed by atoms with Crippen LogP contribution in [0.15, 0.2) is 0 Å². The molecular formula is C4H10ClNO. The standard InChI is InChI=1S/C4H10ClNO/c5-3-4(7)1-2-6/h4,7H,1-3,6H2/t4-/m1/s1. The van der Waals surface area contributed by atoms with Crippen molar-refractivity contribution in [3.8, 4) is 0 Å². The summed E-state index contributed by atoms with van der Waals surface area (Å²) in [5.41, 5.74) is 5.09. The van der Waals surface area contributed by atoms with E-state index in [1.807, 2.05) is 0 Å². The van der Waals surface area contributed by atoms with Crippen LogP contribution in [0.2, 0.25) is 0 Å². The van der Waals surface area contributed by atoms with Crippen LogP contribution < -0.4 is 5.73 Å². The van der Waals surface area contributed by atoms with Crippen LogP contribution >= 0.6 is 11.6 Å². The first-order valence-corrected chi connectivity index (χ1v) is 2.78. The van der Waals surface area contributed by atoms with Crippen LogP contribution in [0.1, 0.15) is 6.42 Å². The Labute approximate surface area is 48.3 Å². The number of alkyl halides is 1. The molecule has 44 valence electrons. The molecule has 0 heterocycles. The van der Waals surface area contributed by atoms with E-state index in [-0.39, 0.29) is 5.88 Å². The lowest BCUT2D eigenvalue weighted by molar-refractivity contribution is 0.190. The monoisotopic (exact) mass is 123 g/mol. The van der Waals surface area contributed by atoms with Gasteiger partial charge in [-0.15, -0.1) is 11.6 Å². The zero-order valence-corrected chi connectivity index (χ0v) is 4.86. The Morgan fingerprint density at radius 1 is 1.71 bits per heavy atom. The lowest BCUT2D eigenvalue weighted by Crippen LogP contribution is -2.14. The molecule has 0 aromatic carbocycles. The van der Waals surface area contributed by atoms with Crippen LogP contribution in [0.3, 0.4) is 0 Å². The highest BCUT2D eigenvalue weighted by Gasteiger charge is 1.96. The molecule has 0 aliphatic heterocycles. The molecule has 0 radical (unpaired) electrons. The number of hydrogen-bond donors (Lipinski definition) is 2. The third-order valence-corrected chi connectivity index (χ3v) is 1.03. The van der Waals surface area contributed by atoms with Gasteiger partial charge in [-0.3, -0.25) is 0 Å². The van der Waals surface area contributed by atoms with Gasteiger partial charge in [0.25, 0.3) is 0 Å². The number of halogens is 1. The van der Waals surface area contributed by atoms with Crippen molar-refractivity contribution in [1.29, 1.82) is 0 Å². The number of hydrogen-bond acceptors (Lipinski definition) is 2. The Bertz CT molecular complexity index is 42.7. The van der Waals surface area contributed by atoms with E-state index in [0.717, 1.165) is 0 Å². The molecule has 2 nitrogen and oxygen atoms in total. The van der Waals surface area contributed by atoms with Gasteiger partial charge in [-0.2, -0.15) is 0 Å². The molecule has 3 N–H and O–H groups in total. The van der Waals surface area contributed by atoms with Crippen LogP contribution in [-0.4, -0.2) is 23.6 Å². The fourth-order valence-corrected chi connectivity index (χ4v) is 0.424. The lowest BCUT2D eigenvalue weighted by Gasteiger charge is -2.00. The van der Waals surface area contributed by atoms with Crippen molar-refractivity contribution in [1.82, 2.24) is 0 Å². The molecule has 1 atom stereocenters. The van der Waals surface area contributed by atoms with Gasteiger partial charge in [0.15, 0.2) is 0 Å². The molecule has 3 heteroatoms. The van der Waals surface area contributed by atoms with Gasteiger partial charge < -0.3 is 10.8 Å². The number of aliphatic hydroxyl groups is 1. The maximum absolute atomic E-state index is 8.65. The van der Waals surface area contributed by atoms with Crippen molar-refractivity contribution in [2.75, 3.05) is 12.4 Å². The highest BCUT2D eigenvalue weighted by molar-refractivity contribution is 6.18. The first-order valence-electron chi connectivity index (χ1n) is 2.25. The molecule has 0 rings (SSSR count). The topological polar surface area (TPSA) is 46.2 Å². The number of aliphatic hydroxyl groups excluding tert-OH is 1. The molecule has 0 aromatic rings. The normalized spacial score (nSPS) is 14.1. The molecule has 0 bridgehead atoms. The largest absolute Gasteiger partial charge is 0.392 e. The molecule has 0 aromatic heterocycles. The molecule has 0 amide bonds. The predicted molar refractivity (Wildman–Crippen MR) is 30.4 cm³/mol. The molecule has 0 saturated heterocycles. The van der Waals surface area contributed by atoms with Gasteiger partial charge in [-0.05, 0) is 13.0 Å². The highest BCUT2D eigenvalue weighted by Crippen LogP contribution is 1.90. The van der Waals surface area contributed by atoms with Crippen molar-refractivity contribution < 1.29 is 5.11 Å². The summed E-state index contributed by atoms with van der Waals surface area (Å²) in [6, 6.07) is 0. The maximum atomic E-state index is 8.65. The van der Waals surface area contributed by atoms with E-state index < -0.39 is 6.10 Å². The van der Waals surface area contributed by atoms with Gasteiger partial charge in [-0.25, -0.2) is 0 Å². The fourth-order valence-electron chi connectivity index (χ4n) is 0.270. The van der Waals surface area contributed by atoms with Crippen molar-refractivity contribution in [3.63, 3.8) is 0 Å². The van der Waals surface area contributed by atoms with Gasteiger partial charge in [-0.1, -0.05) is 0 Å². The van der Waals surface area contributed by atoms with E-state index in [1.165, 1.54) is 0 Å². The van der Waals surface area contributed by atoms with Gasteiger partial charge in [0.05, 0.1) is 6.10 Å². The average Bonchev–Trinajstić information content (AvgIpc) is 1.68. The minimum absolute atomic E-state index is 0.289. The quantitative estimate of drug-likeness (QED) is 0.517. The van der Waals surface area contributed by atoms with Crippen LogP contribution in [0.5, 0.6) is 0 Å².